The molecule has 18 rings (SSSR count). The van der Waals surface area contributed by atoms with Crippen LogP contribution in [-0.2, 0) is 24.0 Å². The summed E-state index contributed by atoms with van der Waals surface area (Å²) >= 11 is 20.5. The third-order valence-electron chi connectivity index (χ3n) is 26.5. The SMILES string of the molecule is C=CC(=O)N1CCN(c2c(C#N)c(=O)n3c4c(c(-c5ccc(F)cc5F)c(Cl)cc24)OCC3CCN2CCCC2)[C@@H](C)C1.C=CC(=O)N1C[C@H](C)N(c2nc(=O)n3c4c(c(-c5ccc(F)cc5F)c(Cl)cc24)OCC3CCCN2CCCC2=O)C[C@H]1C.C=CC(=O)N1C[C@H](C)N(c2nc(=O)n3c4c(c(-c5ccc(F)cc5F)c(Cl)cc24)OCC3CCN2CCCC2=O)C[C@H]1C. The first kappa shape index (κ1) is 91.4. The molecule has 5 amide bonds. The van der Waals surface area contributed by atoms with Gasteiger partial charge in [0.2, 0.25) is 29.5 Å². The zero-order chi connectivity index (χ0) is 92.3. The number of carbonyl (C=O) groups excluding carboxylic acids is 5. The van der Waals surface area contributed by atoms with Crippen LogP contribution in [-0.4, -0.2) is 224 Å². The molecule has 0 bridgehead atoms. The maximum atomic E-state index is 15.2. The summed E-state index contributed by atoms with van der Waals surface area (Å²) in [6.45, 7) is 28.7. The quantitative estimate of drug-likeness (QED) is 0.0538. The number of hydrogen-bond acceptors (Lipinski definition) is 18. The second-order valence-corrected chi connectivity index (χ2v) is 35.9. The second kappa shape index (κ2) is 37.9. The predicted molar refractivity (Wildman–Crippen MR) is 485 cm³/mol. The molecular weight excluding hydrogens is 1750 g/mol. The minimum Gasteiger partial charge on any atom is -0.488 e. The molecule has 8 atom stereocenters. The molecule has 0 radical (unpaired) electrons. The Hall–Kier alpha value is -11.9. The monoisotopic (exact) mass is 1840 g/mol. The number of anilines is 3. The first-order chi connectivity index (χ1) is 62.4. The van der Waals surface area contributed by atoms with Crippen LogP contribution in [0.15, 0.2) is 125 Å². The van der Waals surface area contributed by atoms with Gasteiger partial charge >= 0.3 is 11.4 Å². The smallest absolute Gasteiger partial charge is 0.350 e. The molecule has 6 saturated heterocycles. The standard InChI is InChI=1S/C32H34ClF2N5O4.C32H32ClF2N5O3.C31H32ClF2N5O4/c1-4-26(41)38-15-19(3)39(16-18(38)2)31-23-14-24(33)28(22-10-9-20(34)13-25(22)35)30-29(23)40(32(43)36-31)21(17-44-30)7-5-11-37-12-6-8-27(37)42;1-3-27(41)38-12-13-39(19(2)17-38)29-23-15-25(33)28(22-7-6-20(34)14-26(22)35)31-30(23)40(32(42)24(29)16-36)21(18-43-31)8-11-37-9-4-5-10-37;1-4-25(40)37-14-18(3)38(15-17(37)2)30-22-13-23(32)27(21-8-7-19(33)12-24(21)34)29-28(22)39(31(42)35-30)20(16-43-29)9-11-36-10-5-6-26(36)41/h4,9-10,13-14,18-19,21H,1,5-8,11-12,15-17H2,2-3H3;3,6-7,14-15,19,21H,1,4-5,8-13,17-18H2,2H3;4,7-8,12-13,17-18,20H,1,5-6,9-11,14-16H2,2-3H3/t18-,19+,21?;19-,21?;17-,18+,20?/m101/s1. The lowest BCUT2D eigenvalue weighted by atomic mass is 9.96. The van der Waals surface area contributed by atoms with E-state index in [0.717, 1.165) is 88.3 Å². The Morgan fingerprint density at radius 1 is 0.469 bits per heavy atom. The average molecular weight is 1850 g/mol. The first-order valence-electron chi connectivity index (χ1n) is 43.9. The molecule has 130 heavy (non-hydrogen) atoms. The number of ether oxygens (including phenoxy) is 3. The van der Waals surface area contributed by atoms with Crippen molar-refractivity contribution in [3.8, 4) is 56.7 Å². The minimum absolute atomic E-state index is 0.0151. The third-order valence-corrected chi connectivity index (χ3v) is 27.4. The van der Waals surface area contributed by atoms with Crippen molar-refractivity contribution in [1.29, 1.82) is 5.26 Å². The van der Waals surface area contributed by atoms with Gasteiger partial charge < -0.3 is 58.3 Å². The number of rotatable bonds is 19. The van der Waals surface area contributed by atoms with Gasteiger partial charge in [-0.2, -0.15) is 15.2 Å². The van der Waals surface area contributed by atoms with Crippen molar-refractivity contribution in [2.24, 2.45) is 0 Å². The summed E-state index contributed by atoms with van der Waals surface area (Å²) in [4.78, 5) is 130. The van der Waals surface area contributed by atoms with E-state index in [1.54, 1.807) is 51.5 Å². The van der Waals surface area contributed by atoms with Crippen LogP contribution in [0, 0.1) is 46.2 Å². The lowest BCUT2D eigenvalue weighted by Crippen LogP contribution is -2.58. The minimum atomic E-state index is -0.815. The summed E-state index contributed by atoms with van der Waals surface area (Å²) in [6, 6.07) is 14.6. The van der Waals surface area contributed by atoms with Crippen LogP contribution in [0.2, 0.25) is 15.1 Å². The average Bonchev–Trinajstić information content (AvgIpc) is 0.877. The summed E-state index contributed by atoms with van der Waals surface area (Å²) in [6.07, 6.45) is 11.1. The van der Waals surface area contributed by atoms with Crippen molar-refractivity contribution < 1.29 is 64.5 Å². The van der Waals surface area contributed by atoms with Gasteiger partial charge in [-0.05, 0) is 172 Å². The van der Waals surface area contributed by atoms with Crippen LogP contribution in [0.5, 0.6) is 17.2 Å². The van der Waals surface area contributed by atoms with Crippen LogP contribution in [0.3, 0.4) is 0 Å². The molecule has 9 aromatic rings. The number of nitrogens with zero attached hydrogens (tertiary/aromatic N) is 15. The number of benzene rings is 6. The molecule has 0 saturated carbocycles. The van der Waals surface area contributed by atoms with Crippen LogP contribution < -0.4 is 45.8 Å². The fourth-order valence-corrected chi connectivity index (χ4v) is 20.9. The lowest BCUT2D eigenvalue weighted by Gasteiger charge is -2.45. The number of pyridine rings is 1. The van der Waals surface area contributed by atoms with Gasteiger partial charge in [0, 0.05) is 189 Å². The zero-order valence-corrected chi connectivity index (χ0v) is 74.9. The highest BCUT2D eigenvalue weighted by atomic mass is 35.5. The van der Waals surface area contributed by atoms with E-state index in [1.165, 1.54) is 36.4 Å². The zero-order valence-electron chi connectivity index (χ0n) is 72.6. The normalized spacial score (nSPS) is 21.2. The molecule has 26 nitrogen and oxygen atoms in total. The Bertz CT molecular complexity index is 6360. The van der Waals surface area contributed by atoms with Gasteiger partial charge in [0.1, 0.15) is 78.0 Å². The fraction of sp³-hybridized carbons (Fsp3) is 0.421. The van der Waals surface area contributed by atoms with E-state index in [1.807, 2.05) is 54.2 Å². The van der Waals surface area contributed by atoms with E-state index < -0.39 is 57.9 Å². The maximum absolute atomic E-state index is 15.2. The summed E-state index contributed by atoms with van der Waals surface area (Å²) in [5, 5.41) is 12.5. The first-order valence-corrected chi connectivity index (χ1v) is 45.1. The Morgan fingerprint density at radius 2 is 0.877 bits per heavy atom. The third kappa shape index (κ3) is 17.3. The number of nitriles is 1. The molecule has 682 valence electrons. The van der Waals surface area contributed by atoms with E-state index in [4.69, 9.17) is 49.0 Å². The second-order valence-electron chi connectivity index (χ2n) is 34.7. The van der Waals surface area contributed by atoms with E-state index in [9.17, 15) is 56.8 Å². The molecule has 6 aromatic carbocycles. The fourth-order valence-electron chi connectivity index (χ4n) is 20.0. The molecule has 0 N–H and O–H groups in total. The number of hydrogen-bond donors (Lipinski definition) is 0. The summed E-state index contributed by atoms with van der Waals surface area (Å²) in [5.41, 5.74) is 1.02. The highest BCUT2D eigenvalue weighted by Crippen LogP contribution is 2.53. The highest BCUT2D eigenvalue weighted by molar-refractivity contribution is 6.36. The molecule has 9 aliphatic heterocycles. The largest absolute Gasteiger partial charge is 0.488 e. The summed E-state index contributed by atoms with van der Waals surface area (Å²) in [7, 11) is 0. The van der Waals surface area contributed by atoms with Gasteiger partial charge in [-0.25, -0.2) is 35.9 Å². The molecule has 0 aliphatic carbocycles. The van der Waals surface area contributed by atoms with Crippen molar-refractivity contribution in [2.45, 2.75) is 147 Å². The van der Waals surface area contributed by atoms with E-state index >= 15 is 13.2 Å². The van der Waals surface area contributed by atoms with Crippen molar-refractivity contribution in [3.63, 3.8) is 0 Å². The van der Waals surface area contributed by atoms with Crippen molar-refractivity contribution in [1.82, 2.24) is 53.1 Å². The Kier molecular flexibility index (Phi) is 26.6. The predicted octanol–water partition coefficient (Wildman–Crippen LogP) is 14.6. The lowest BCUT2D eigenvalue weighted by molar-refractivity contribution is -0.129. The molecule has 3 unspecified atom stereocenters. The Morgan fingerprint density at radius 3 is 1.29 bits per heavy atom. The van der Waals surface area contributed by atoms with Gasteiger partial charge in [0.05, 0.1) is 55.4 Å². The summed E-state index contributed by atoms with van der Waals surface area (Å²) in [5.74, 6) is -3.49. The maximum Gasteiger partial charge on any atom is 0.350 e. The van der Waals surface area contributed by atoms with Gasteiger partial charge in [-0.3, -0.25) is 42.5 Å². The molecule has 0 spiro atoms. The Balaban J connectivity index is 0.000000143. The van der Waals surface area contributed by atoms with Crippen molar-refractivity contribution in [3.05, 3.63) is 198 Å². The molecule has 12 heterocycles. The number of carbonyl (C=O) groups is 5. The number of amides is 5. The van der Waals surface area contributed by atoms with Crippen molar-refractivity contribution in [2.75, 3.05) is 126 Å². The van der Waals surface area contributed by atoms with Gasteiger partial charge in [0.25, 0.3) is 5.56 Å². The molecule has 35 heteroatoms. The Labute approximate surface area is 760 Å². The van der Waals surface area contributed by atoms with Crippen LogP contribution in [0.4, 0.5) is 43.7 Å². The van der Waals surface area contributed by atoms with E-state index in [0.29, 0.717) is 154 Å². The molecular formula is C95H98Cl3F6N15O11. The number of halogens is 9. The summed E-state index contributed by atoms with van der Waals surface area (Å²) < 4.78 is 111. The van der Waals surface area contributed by atoms with Gasteiger partial charge in [0.15, 0.2) is 17.2 Å². The molecule has 9 aliphatic rings. The topological polar surface area (TPSA) is 258 Å². The number of likely N-dealkylation sites (tertiary alicyclic amines) is 3. The highest BCUT2D eigenvalue weighted by Gasteiger charge is 2.43. The van der Waals surface area contributed by atoms with E-state index in [2.05, 4.69) is 40.7 Å². The number of aromatic nitrogens is 5. The van der Waals surface area contributed by atoms with Crippen molar-refractivity contribution >= 4 is 114 Å². The number of piperazine rings is 3. The van der Waals surface area contributed by atoms with Crippen LogP contribution in [0.25, 0.3) is 66.1 Å². The van der Waals surface area contributed by atoms with Gasteiger partial charge in [-0.1, -0.05) is 54.5 Å². The van der Waals surface area contributed by atoms with Crippen LogP contribution >= 0.6 is 34.8 Å². The molecule has 3 aromatic heterocycles. The van der Waals surface area contributed by atoms with Crippen LogP contribution in [0.1, 0.15) is 123 Å². The van der Waals surface area contributed by atoms with Gasteiger partial charge in [-0.15, -0.1) is 0 Å². The molecule has 6 fully saturated rings. The van der Waals surface area contributed by atoms with E-state index in [-0.39, 0.29) is 163 Å².